The molecule has 0 spiro atoms. The second-order valence-corrected chi connectivity index (χ2v) is 5.97. The van der Waals surface area contributed by atoms with Crippen molar-refractivity contribution in [2.75, 3.05) is 25.1 Å². The molecule has 0 aromatic heterocycles. The number of unbranched alkanes of at least 4 members (excludes halogenated alkanes) is 3. The minimum absolute atomic E-state index is 0.441. The fraction of sp³-hybridized carbons (Fsp3) is 0.846. The van der Waals surface area contributed by atoms with Crippen LogP contribution in [-0.2, 0) is 0 Å². The molecule has 1 rings (SSSR count). The van der Waals surface area contributed by atoms with E-state index in [1.54, 1.807) is 0 Å². The number of thioether (sulfide) groups is 1. The van der Waals surface area contributed by atoms with Gasteiger partial charge in [-0.05, 0) is 26.3 Å². The molecule has 2 atom stereocenters. The molecular weight excluding hydrogens is 230 g/mol. The van der Waals surface area contributed by atoms with Crippen LogP contribution in [-0.4, -0.2) is 42.1 Å². The van der Waals surface area contributed by atoms with Gasteiger partial charge in [-0.25, -0.2) is 0 Å². The first-order chi connectivity index (χ1) is 8.29. The van der Waals surface area contributed by atoms with Crippen LogP contribution in [0.4, 0.5) is 0 Å². The first-order valence-corrected chi connectivity index (χ1v) is 7.80. The lowest BCUT2D eigenvalue weighted by atomic mass is 10.0. The molecule has 0 bridgehead atoms. The molecule has 1 fully saturated rings. The minimum Gasteiger partial charge on any atom is -0.300 e. The van der Waals surface area contributed by atoms with Crippen molar-refractivity contribution in [1.82, 2.24) is 10.3 Å². The number of hydrogen-bond donors (Lipinski definition) is 2. The SMILES string of the molecule is C=CCCCCCC(NN)C1CSCCN1C. The van der Waals surface area contributed by atoms with Gasteiger partial charge in [-0.1, -0.05) is 18.9 Å². The summed E-state index contributed by atoms with van der Waals surface area (Å²) in [5.74, 6) is 8.16. The number of nitrogens with two attached hydrogens (primary N) is 1. The highest BCUT2D eigenvalue weighted by molar-refractivity contribution is 7.99. The zero-order valence-corrected chi connectivity index (χ0v) is 11.8. The third-order valence-electron chi connectivity index (χ3n) is 3.55. The van der Waals surface area contributed by atoms with Crippen LogP contribution < -0.4 is 11.3 Å². The minimum atomic E-state index is 0.441. The maximum absolute atomic E-state index is 5.70. The lowest BCUT2D eigenvalue weighted by Gasteiger charge is -2.37. The number of nitrogens with zero attached hydrogens (tertiary/aromatic N) is 1. The van der Waals surface area contributed by atoms with Crippen molar-refractivity contribution < 1.29 is 0 Å². The van der Waals surface area contributed by atoms with Crippen LogP contribution in [0, 0.1) is 0 Å². The molecular formula is C13H27N3S. The number of allylic oxidation sites excluding steroid dienone is 1. The Morgan fingerprint density at radius 2 is 2.35 bits per heavy atom. The van der Waals surface area contributed by atoms with E-state index in [0.717, 1.165) is 6.42 Å². The van der Waals surface area contributed by atoms with E-state index in [4.69, 9.17) is 5.84 Å². The van der Waals surface area contributed by atoms with E-state index in [2.05, 4.69) is 24.0 Å². The fourth-order valence-corrected chi connectivity index (χ4v) is 3.66. The number of hydrazine groups is 1. The summed E-state index contributed by atoms with van der Waals surface area (Å²) in [6.07, 6.45) is 8.13. The van der Waals surface area contributed by atoms with E-state index in [1.165, 1.54) is 43.7 Å². The van der Waals surface area contributed by atoms with Crippen molar-refractivity contribution in [1.29, 1.82) is 0 Å². The Labute approximate surface area is 110 Å². The Balaban J connectivity index is 2.24. The molecule has 100 valence electrons. The highest BCUT2D eigenvalue weighted by atomic mass is 32.2. The van der Waals surface area contributed by atoms with Gasteiger partial charge in [0.05, 0.1) is 0 Å². The predicted molar refractivity (Wildman–Crippen MR) is 78.1 cm³/mol. The highest BCUT2D eigenvalue weighted by Gasteiger charge is 2.26. The summed E-state index contributed by atoms with van der Waals surface area (Å²) in [5, 5.41) is 0. The van der Waals surface area contributed by atoms with Crippen molar-refractivity contribution in [3.63, 3.8) is 0 Å². The Bertz CT molecular complexity index is 211. The zero-order valence-electron chi connectivity index (χ0n) is 11.0. The summed E-state index contributed by atoms with van der Waals surface area (Å²) >= 11 is 2.05. The summed E-state index contributed by atoms with van der Waals surface area (Å²) in [5.41, 5.74) is 3.02. The zero-order chi connectivity index (χ0) is 12.5. The summed E-state index contributed by atoms with van der Waals surface area (Å²) < 4.78 is 0. The Kier molecular flexibility index (Phi) is 7.93. The topological polar surface area (TPSA) is 41.3 Å². The molecule has 0 aromatic rings. The van der Waals surface area contributed by atoms with Gasteiger partial charge < -0.3 is 4.90 Å². The molecule has 0 saturated carbocycles. The molecule has 2 unspecified atom stereocenters. The van der Waals surface area contributed by atoms with Gasteiger partial charge in [0.2, 0.25) is 0 Å². The standard InChI is InChI=1S/C13H27N3S/c1-3-4-5-6-7-8-12(15-14)13-11-17-10-9-16(13)2/h3,12-13,15H,1,4-11,14H2,2H3. The Morgan fingerprint density at radius 3 is 3.00 bits per heavy atom. The summed E-state index contributed by atoms with van der Waals surface area (Å²) in [6, 6.07) is 1.04. The molecule has 0 aliphatic carbocycles. The van der Waals surface area contributed by atoms with Gasteiger partial charge in [-0.15, -0.1) is 6.58 Å². The largest absolute Gasteiger partial charge is 0.300 e. The molecule has 17 heavy (non-hydrogen) atoms. The average molecular weight is 257 g/mol. The fourth-order valence-electron chi connectivity index (χ4n) is 2.35. The van der Waals surface area contributed by atoms with Crippen LogP contribution in [0.3, 0.4) is 0 Å². The van der Waals surface area contributed by atoms with Crippen LogP contribution in [0.1, 0.15) is 32.1 Å². The molecule has 4 heteroatoms. The maximum Gasteiger partial charge on any atom is 0.0374 e. The van der Waals surface area contributed by atoms with Crippen molar-refractivity contribution in [3.8, 4) is 0 Å². The van der Waals surface area contributed by atoms with Crippen LogP contribution in [0.2, 0.25) is 0 Å². The van der Waals surface area contributed by atoms with Gasteiger partial charge in [-0.2, -0.15) is 11.8 Å². The lowest BCUT2D eigenvalue weighted by molar-refractivity contribution is 0.206. The van der Waals surface area contributed by atoms with Crippen LogP contribution in [0.5, 0.6) is 0 Å². The van der Waals surface area contributed by atoms with E-state index < -0.39 is 0 Å². The second-order valence-electron chi connectivity index (χ2n) is 4.82. The number of likely N-dealkylation sites (N-methyl/N-ethyl adjacent to an activating group) is 1. The van der Waals surface area contributed by atoms with Gasteiger partial charge in [0.25, 0.3) is 0 Å². The van der Waals surface area contributed by atoms with Gasteiger partial charge in [0.1, 0.15) is 0 Å². The second kappa shape index (κ2) is 8.97. The third kappa shape index (κ3) is 5.42. The summed E-state index contributed by atoms with van der Waals surface area (Å²) in [7, 11) is 2.21. The molecule has 3 N–H and O–H groups in total. The van der Waals surface area contributed by atoms with Crippen LogP contribution in [0.25, 0.3) is 0 Å². The number of nitrogens with one attached hydrogen (secondary N) is 1. The molecule has 3 nitrogen and oxygen atoms in total. The van der Waals surface area contributed by atoms with Crippen molar-refractivity contribution in [2.24, 2.45) is 5.84 Å². The quantitative estimate of drug-likeness (QED) is 0.302. The highest BCUT2D eigenvalue weighted by Crippen LogP contribution is 2.20. The van der Waals surface area contributed by atoms with E-state index in [1.807, 2.05) is 17.8 Å². The third-order valence-corrected chi connectivity index (χ3v) is 4.59. The average Bonchev–Trinajstić information content (AvgIpc) is 2.35. The molecule has 0 amide bonds. The summed E-state index contributed by atoms with van der Waals surface area (Å²) in [4.78, 5) is 2.45. The maximum atomic E-state index is 5.70. The van der Waals surface area contributed by atoms with Gasteiger partial charge in [-0.3, -0.25) is 11.3 Å². The van der Waals surface area contributed by atoms with Crippen molar-refractivity contribution in [3.05, 3.63) is 12.7 Å². The first-order valence-electron chi connectivity index (χ1n) is 6.64. The number of rotatable bonds is 8. The smallest absolute Gasteiger partial charge is 0.0374 e. The molecule has 0 aromatic carbocycles. The van der Waals surface area contributed by atoms with Crippen molar-refractivity contribution >= 4 is 11.8 Å². The van der Waals surface area contributed by atoms with Gasteiger partial charge in [0.15, 0.2) is 0 Å². The van der Waals surface area contributed by atoms with E-state index >= 15 is 0 Å². The predicted octanol–water partition coefficient (Wildman–Crippen LogP) is 2.00. The van der Waals surface area contributed by atoms with Crippen LogP contribution >= 0.6 is 11.8 Å². The van der Waals surface area contributed by atoms with E-state index in [-0.39, 0.29) is 0 Å². The molecule has 1 saturated heterocycles. The van der Waals surface area contributed by atoms with E-state index in [9.17, 15) is 0 Å². The van der Waals surface area contributed by atoms with Crippen molar-refractivity contribution in [2.45, 2.75) is 44.2 Å². The summed E-state index contributed by atoms with van der Waals surface area (Å²) in [6.45, 7) is 4.94. The molecule has 1 aliphatic heterocycles. The van der Waals surface area contributed by atoms with Crippen LogP contribution in [0.15, 0.2) is 12.7 Å². The Hall–Kier alpha value is -0.0300. The molecule has 1 aliphatic rings. The molecule has 0 radical (unpaired) electrons. The number of hydrogen-bond acceptors (Lipinski definition) is 4. The lowest BCUT2D eigenvalue weighted by Crippen LogP contribution is -2.54. The normalized spacial score (nSPS) is 23.5. The first kappa shape index (κ1) is 15.0. The van der Waals surface area contributed by atoms with Gasteiger partial charge in [0, 0.05) is 30.1 Å². The molecule has 1 heterocycles. The van der Waals surface area contributed by atoms with Gasteiger partial charge >= 0.3 is 0 Å². The monoisotopic (exact) mass is 257 g/mol. The Morgan fingerprint density at radius 1 is 1.53 bits per heavy atom. The van der Waals surface area contributed by atoms with E-state index in [0.29, 0.717) is 12.1 Å².